The average molecular weight is 480 g/mol. The summed E-state index contributed by atoms with van der Waals surface area (Å²) in [6, 6.07) is 15.8. The fraction of sp³-hybridized carbons (Fsp3) is 0.348. The van der Waals surface area contributed by atoms with Crippen molar-refractivity contribution in [2.24, 2.45) is 5.41 Å². The molecule has 0 heterocycles. The van der Waals surface area contributed by atoms with Crippen molar-refractivity contribution in [1.29, 1.82) is 0 Å². The smallest absolute Gasteiger partial charge is 0.0279 e. The minimum atomic E-state index is 0. The normalized spacial score (nSPS) is 18.8. The Morgan fingerprint density at radius 2 is 1.62 bits per heavy atom. The van der Waals surface area contributed by atoms with Crippen LogP contribution in [0, 0.1) is 11.3 Å². The Labute approximate surface area is 165 Å². The molecule has 0 N–H and O–H groups in total. The van der Waals surface area contributed by atoms with Crippen LogP contribution < -0.4 is 0 Å². The molecule has 1 atom stereocenters. The van der Waals surface area contributed by atoms with E-state index in [1.54, 1.807) is 11.1 Å². The average Bonchev–Trinajstić information content (AvgIpc) is 3.04. The van der Waals surface area contributed by atoms with Gasteiger partial charge in [-0.05, 0) is 58.4 Å². The maximum Gasteiger partial charge on any atom is 0.0279 e. The van der Waals surface area contributed by atoms with Crippen LogP contribution in [0.3, 0.4) is 0 Å². The first-order chi connectivity index (χ1) is 11.0. The van der Waals surface area contributed by atoms with Crippen molar-refractivity contribution < 1.29 is 25.8 Å². The van der Waals surface area contributed by atoms with E-state index in [0.717, 1.165) is 6.42 Å². The Bertz CT molecular complexity index is 755. The van der Waals surface area contributed by atoms with Crippen LogP contribution >= 0.6 is 0 Å². The second-order valence-corrected chi connectivity index (χ2v) is 8.10. The SMILES string of the molecule is CC(C[C]1C=Cc2cc3c(cc21)CC(C)(C)C3)c1ccccc1.[Hf]. The number of fused-ring (bicyclic) bond motifs is 2. The molecule has 0 nitrogen and oxygen atoms in total. The van der Waals surface area contributed by atoms with Gasteiger partial charge in [0.1, 0.15) is 0 Å². The molecule has 0 bridgehead atoms. The molecule has 1 radical (unpaired) electrons. The van der Waals surface area contributed by atoms with Gasteiger partial charge < -0.3 is 0 Å². The molecule has 0 saturated carbocycles. The van der Waals surface area contributed by atoms with Crippen molar-refractivity contribution in [2.45, 2.75) is 46.0 Å². The van der Waals surface area contributed by atoms with Crippen LogP contribution in [-0.4, -0.2) is 0 Å². The summed E-state index contributed by atoms with van der Waals surface area (Å²) in [5, 5.41) is 0. The van der Waals surface area contributed by atoms with Gasteiger partial charge in [-0.2, -0.15) is 0 Å². The van der Waals surface area contributed by atoms with Gasteiger partial charge in [0.25, 0.3) is 0 Å². The first kappa shape index (κ1) is 17.9. The fourth-order valence-corrected chi connectivity index (χ4v) is 4.23. The third-order valence-corrected chi connectivity index (χ3v) is 5.41. The number of rotatable bonds is 3. The van der Waals surface area contributed by atoms with Crippen LogP contribution in [0.15, 0.2) is 48.5 Å². The van der Waals surface area contributed by atoms with E-state index in [1.165, 1.54) is 35.4 Å². The maximum atomic E-state index is 2.48. The van der Waals surface area contributed by atoms with Crippen molar-refractivity contribution in [3.8, 4) is 0 Å². The van der Waals surface area contributed by atoms with Crippen LogP contribution in [0.4, 0.5) is 0 Å². The van der Waals surface area contributed by atoms with Crippen molar-refractivity contribution in [1.82, 2.24) is 0 Å². The summed E-state index contributed by atoms with van der Waals surface area (Å²) in [4.78, 5) is 0. The molecule has 2 aliphatic rings. The summed E-state index contributed by atoms with van der Waals surface area (Å²) < 4.78 is 0. The Morgan fingerprint density at radius 3 is 2.33 bits per heavy atom. The largest absolute Gasteiger partial charge is 0.0721 e. The predicted octanol–water partition coefficient (Wildman–Crippen LogP) is 5.95. The zero-order valence-electron chi connectivity index (χ0n) is 14.9. The number of hydrogen-bond acceptors (Lipinski definition) is 0. The number of benzene rings is 2. The fourth-order valence-electron chi connectivity index (χ4n) is 4.23. The Kier molecular flexibility index (Phi) is 5.02. The molecule has 0 aliphatic heterocycles. The van der Waals surface area contributed by atoms with E-state index in [1.807, 2.05) is 0 Å². The molecule has 0 spiro atoms. The third kappa shape index (κ3) is 3.38. The van der Waals surface area contributed by atoms with E-state index in [-0.39, 0.29) is 25.8 Å². The molecule has 2 aromatic carbocycles. The van der Waals surface area contributed by atoms with E-state index in [4.69, 9.17) is 0 Å². The summed E-state index contributed by atoms with van der Waals surface area (Å²) in [6.07, 6.45) is 8.21. The predicted molar refractivity (Wildman–Crippen MR) is 98.5 cm³/mol. The van der Waals surface area contributed by atoms with Crippen LogP contribution in [0.1, 0.15) is 60.9 Å². The minimum absolute atomic E-state index is 0. The second-order valence-electron chi connectivity index (χ2n) is 8.10. The van der Waals surface area contributed by atoms with Crippen molar-refractivity contribution in [3.63, 3.8) is 0 Å². The van der Waals surface area contributed by atoms with Crippen molar-refractivity contribution in [2.75, 3.05) is 0 Å². The van der Waals surface area contributed by atoms with Crippen molar-refractivity contribution >= 4 is 6.08 Å². The summed E-state index contributed by atoms with van der Waals surface area (Å²) in [6.45, 7) is 7.11. The van der Waals surface area contributed by atoms with Gasteiger partial charge in [0.2, 0.25) is 0 Å². The van der Waals surface area contributed by atoms with Gasteiger partial charge in [0.15, 0.2) is 0 Å². The monoisotopic (exact) mass is 481 g/mol. The molecular weight excluding hydrogens is 455 g/mol. The molecule has 0 saturated heterocycles. The van der Waals surface area contributed by atoms with E-state index < -0.39 is 0 Å². The van der Waals surface area contributed by atoms with E-state index >= 15 is 0 Å². The first-order valence-corrected chi connectivity index (χ1v) is 8.77. The molecule has 2 aliphatic carbocycles. The van der Waals surface area contributed by atoms with Crippen LogP contribution in [0.25, 0.3) is 6.08 Å². The maximum absolute atomic E-state index is 2.48. The van der Waals surface area contributed by atoms with E-state index in [2.05, 4.69) is 75.4 Å². The van der Waals surface area contributed by atoms with Gasteiger partial charge in [0.05, 0.1) is 0 Å². The van der Waals surface area contributed by atoms with Gasteiger partial charge in [-0.1, -0.05) is 75.4 Å². The molecule has 0 fully saturated rings. The van der Waals surface area contributed by atoms with Gasteiger partial charge in [-0.15, -0.1) is 0 Å². The van der Waals surface area contributed by atoms with E-state index in [9.17, 15) is 0 Å². The second kappa shape index (κ2) is 6.75. The molecule has 121 valence electrons. The van der Waals surface area contributed by atoms with Crippen LogP contribution in [-0.2, 0) is 38.7 Å². The van der Waals surface area contributed by atoms with Gasteiger partial charge in [-0.3, -0.25) is 0 Å². The number of allylic oxidation sites excluding steroid dienone is 1. The molecule has 1 heteroatoms. The molecule has 24 heavy (non-hydrogen) atoms. The van der Waals surface area contributed by atoms with Gasteiger partial charge in [0, 0.05) is 31.8 Å². The minimum Gasteiger partial charge on any atom is -0.0721 e. The molecule has 0 amide bonds. The molecular formula is C23H25Hf. The molecule has 2 aromatic rings. The zero-order valence-corrected chi connectivity index (χ0v) is 18.5. The standard InChI is InChI=1S/C23H25.Hf/c1-16(17-7-5-4-6-8-17)11-18-9-10-19-12-20-14-23(2,3)15-21(20)13-22(18)19;/h4-10,12-13,16H,11,14-15H2,1-3H3;. The number of hydrogen-bond donors (Lipinski definition) is 0. The summed E-state index contributed by atoms with van der Waals surface area (Å²) in [5.41, 5.74) is 7.90. The van der Waals surface area contributed by atoms with Crippen LogP contribution in [0.2, 0.25) is 0 Å². The zero-order chi connectivity index (χ0) is 16.0. The van der Waals surface area contributed by atoms with Crippen molar-refractivity contribution in [3.05, 3.63) is 82.3 Å². The quantitative estimate of drug-likeness (QED) is 0.477. The summed E-state index contributed by atoms with van der Waals surface area (Å²) in [7, 11) is 0. The van der Waals surface area contributed by atoms with Crippen LogP contribution in [0.5, 0.6) is 0 Å². The Hall–Kier alpha value is -0.950. The summed E-state index contributed by atoms with van der Waals surface area (Å²) in [5.74, 6) is 2.07. The first-order valence-electron chi connectivity index (χ1n) is 8.77. The van der Waals surface area contributed by atoms with Gasteiger partial charge in [-0.25, -0.2) is 0 Å². The Morgan fingerprint density at radius 1 is 0.958 bits per heavy atom. The Balaban J connectivity index is 0.00000169. The molecule has 1 unspecified atom stereocenters. The summed E-state index contributed by atoms with van der Waals surface area (Å²) >= 11 is 0. The molecule has 4 rings (SSSR count). The van der Waals surface area contributed by atoms with E-state index in [0.29, 0.717) is 11.3 Å². The molecule has 0 aromatic heterocycles. The third-order valence-electron chi connectivity index (χ3n) is 5.41. The topological polar surface area (TPSA) is 0 Å². The van der Waals surface area contributed by atoms with Gasteiger partial charge >= 0.3 is 0 Å².